The number of tetrazole rings is 1. The van der Waals surface area contributed by atoms with Crippen LogP contribution >= 0.6 is 0 Å². The average molecular weight is 479 g/mol. The lowest BCUT2D eigenvalue weighted by molar-refractivity contribution is 0.0838. The summed E-state index contributed by atoms with van der Waals surface area (Å²) in [6.45, 7) is 6.17. The zero-order chi connectivity index (χ0) is 24.0. The Morgan fingerprint density at radius 1 is 1.03 bits per heavy atom. The minimum Gasteiger partial charge on any atom is -0.497 e. The largest absolute Gasteiger partial charge is 0.497 e. The van der Waals surface area contributed by atoms with Gasteiger partial charge in [-0.05, 0) is 41.0 Å². The van der Waals surface area contributed by atoms with Crippen LogP contribution in [0.4, 0.5) is 0 Å². The molecule has 0 spiro atoms. The van der Waals surface area contributed by atoms with Crippen molar-refractivity contribution in [3.63, 3.8) is 0 Å². The van der Waals surface area contributed by atoms with Crippen LogP contribution in [-0.2, 0) is 17.8 Å². The molecule has 0 saturated carbocycles. The van der Waals surface area contributed by atoms with Crippen molar-refractivity contribution in [1.82, 2.24) is 30.0 Å². The van der Waals surface area contributed by atoms with Crippen molar-refractivity contribution in [2.24, 2.45) is 0 Å². The number of aromatic nitrogens is 4. The predicted molar refractivity (Wildman–Crippen MR) is 131 cm³/mol. The molecule has 0 aliphatic carbocycles. The van der Waals surface area contributed by atoms with E-state index in [0.29, 0.717) is 6.54 Å². The summed E-state index contributed by atoms with van der Waals surface area (Å²) < 4.78 is 19.1. The molecule has 186 valence electrons. The highest BCUT2D eigenvalue weighted by Gasteiger charge is 2.33. The highest BCUT2D eigenvalue weighted by Crippen LogP contribution is 2.36. The van der Waals surface area contributed by atoms with Crippen molar-refractivity contribution in [2.45, 2.75) is 38.1 Å². The molecule has 9 heteroatoms. The number of benzene rings is 2. The summed E-state index contributed by atoms with van der Waals surface area (Å²) in [5.41, 5.74) is 2.38. The third-order valence-electron chi connectivity index (χ3n) is 6.96. The molecule has 2 aliphatic heterocycles. The van der Waals surface area contributed by atoms with Gasteiger partial charge in [-0.1, -0.05) is 30.3 Å². The van der Waals surface area contributed by atoms with E-state index in [9.17, 15) is 0 Å². The highest BCUT2D eigenvalue weighted by atomic mass is 16.5. The Morgan fingerprint density at radius 3 is 2.57 bits per heavy atom. The molecule has 3 aromatic rings. The number of hydrogen-bond acceptors (Lipinski definition) is 8. The first-order valence-electron chi connectivity index (χ1n) is 12.3. The van der Waals surface area contributed by atoms with Gasteiger partial charge in [-0.25, -0.2) is 4.68 Å². The molecule has 0 N–H and O–H groups in total. The minimum absolute atomic E-state index is 0.133. The lowest BCUT2D eigenvalue weighted by atomic mass is 10.0. The van der Waals surface area contributed by atoms with Crippen LogP contribution in [0.5, 0.6) is 11.5 Å². The van der Waals surface area contributed by atoms with Gasteiger partial charge in [0.15, 0.2) is 5.82 Å². The van der Waals surface area contributed by atoms with Gasteiger partial charge >= 0.3 is 0 Å². The number of ether oxygens (including phenoxy) is 3. The quantitative estimate of drug-likeness (QED) is 0.465. The molecule has 3 heterocycles. The summed E-state index contributed by atoms with van der Waals surface area (Å²) in [4.78, 5) is 4.97. The van der Waals surface area contributed by atoms with Crippen LogP contribution in [-0.4, -0.2) is 83.1 Å². The van der Waals surface area contributed by atoms with Crippen molar-refractivity contribution in [1.29, 1.82) is 0 Å². The van der Waals surface area contributed by atoms with Crippen molar-refractivity contribution in [3.8, 4) is 11.5 Å². The number of methoxy groups -OCH3 is 2. The van der Waals surface area contributed by atoms with Crippen LogP contribution in [0.3, 0.4) is 0 Å². The summed E-state index contributed by atoms with van der Waals surface area (Å²) in [6.07, 6.45) is 2.27. The standard InChI is InChI=1S/C26H34N6O3/c1-33-21-10-11-23(24(17-21)34-2)25(26-27-28-29-32(26)19-22-9-6-16-35-22)31-14-12-30(13-15-31)18-20-7-4-3-5-8-20/h3-5,7-8,10-11,17,22,25H,6,9,12-16,18-19H2,1-2H3/t22-,25-/m1/s1. The summed E-state index contributed by atoms with van der Waals surface area (Å²) in [6, 6.07) is 16.5. The second-order valence-corrected chi connectivity index (χ2v) is 9.16. The van der Waals surface area contributed by atoms with Gasteiger partial charge in [0.1, 0.15) is 17.5 Å². The Hall–Kier alpha value is -3.01. The van der Waals surface area contributed by atoms with E-state index in [1.807, 2.05) is 16.8 Å². The fraction of sp³-hybridized carbons (Fsp3) is 0.500. The molecule has 2 saturated heterocycles. The Morgan fingerprint density at radius 2 is 1.86 bits per heavy atom. The first kappa shape index (κ1) is 23.7. The molecule has 2 aliphatic rings. The molecule has 2 aromatic carbocycles. The fourth-order valence-electron chi connectivity index (χ4n) is 5.08. The van der Waals surface area contributed by atoms with E-state index in [1.54, 1.807) is 14.2 Å². The maximum Gasteiger partial charge on any atom is 0.173 e. The van der Waals surface area contributed by atoms with E-state index in [0.717, 1.165) is 75.1 Å². The number of nitrogens with zero attached hydrogens (tertiary/aromatic N) is 6. The molecule has 9 nitrogen and oxygen atoms in total. The van der Waals surface area contributed by atoms with Crippen LogP contribution < -0.4 is 9.47 Å². The molecule has 5 rings (SSSR count). The highest BCUT2D eigenvalue weighted by molar-refractivity contribution is 5.44. The predicted octanol–water partition coefficient (Wildman–Crippen LogP) is 2.78. The third-order valence-corrected chi connectivity index (χ3v) is 6.96. The lowest BCUT2D eigenvalue weighted by Gasteiger charge is -2.39. The van der Waals surface area contributed by atoms with E-state index in [4.69, 9.17) is 14.2 Å². The fourth-order valence-corrected chi connectivity index (χ4v) is 5.08. The Bertz CT molecular complexity index is 1080. The van der Waals surface area contributed by atoms with Crippen LogP contribution in [0.2, 0.25) is 0 Å². The van der Waals surface area contributed by atoms with Crippen LogP contribution in [0, 0.1) is 0 Å². The summed E-state index contributed by atoms with van der Waals surface area (Å²) >= 11 is 0. The first-order valence-corrected chi connectivity index (χ1v) is 12.3. The van der Waals surface area contributed by atoms with Gasteiger partial charge in [0, 0.05) is 51.0 Å². The van der Waals surface area contributed by atoms with Crippen LogP contribution in [0.1, 0.15) is 35.8 Å². The van der Waals surface area contributed by atoms with Gasteiger partial charge in [-0.15, -0.1) is 5.10 Å². The number of hydrogen-bond donors (Lipinski definition) is 0. The smallest absolute Gasteiger partial charge is 0.173 e. The second-order valence-electron chi connectivity index (χ2n) is 9.16. The Balaban J connectivity index is 1.41. The Labute approximate surface area is 206 Å². The minimum atomic E-state index is -0.133. The molecule has 0 radical (unpaired) electrons. The van der Waals surface area contributed by atoms with Gasteiger partial charge in [-0.2, -0.15) is 0 Å². The third kappa shape index (κ3) is 5.47. The van der Waals surface area contributed by atoms with Crippen LogP contribution in [0.25, 0.3) is 0 Å². The molecule has 0 amide bonds. The van der Waals surface area contributed by atoms with Gasteiger partial charge in [0.2, 0.25) is 0 Å². The summed E-state index contributed by atoms with van der Waals surface area (Å²) in [7, 11) is 3.36. The zero-order valence-electron chi connectivity index (χ0n) is 20.5. The van der Waals surface area contributed by atoms with Crippen molar-refractivity contribution < 1.29 is 14.2 Å². The topological polar surface area (TPSA) is 77.8 Å². The lowest BCUT2D eigenvalue weighted by Crippen LogP contribution is -2.48. The normalized spacial score (nSPS) is 20.1. The molecule has 0 bridgehead atoms. The molecule has 1 aromatic heterocycles. The van der Waals surface area contributed by atoms with E-state index >= 15 is 0 Å². The molecule has 35 heavy (non-hydrogen) atoms. The van der Waals surface area contributed by atoms with Crippen molar-refractivity contribution in [2.75, 3.05) is 47.0 Å². The molecular formula is C26H34N6O3. The van der Waals surface area contributed by atoms with E-state index in [-0.39, 0.29) is 12.1 Å². The second kappa shape index (κ2) is 11.2. The molecule has 0 unspecified atom stereocenters. The monoisotopic (exact) mass is 478 g/mol. The molecule has 2 atom stereocenters. The zero-order valence-corrected chi connectivity index (χ0v) is 20.5. The number of piperazine rings is 1. The van der Waals surface area contributed by atoms with E-state index in [1.165, 1.54) is 5.56 Å². The van der Waals surface area contributed by atoms with Gasteiger partial charge in [0.05, 0.1) is 26.9 Å². The number of rotatable bonds is 9. The first-order chi connectivity index (χ1) is 17.2. The molecular weight excluding hydrogens is 444 g/mol. The summed E-state index contributed by atoms with van der Waals surface area (Å²) in [5.74, 6) is 2.35. The SMILES string of the molecule is COc1ccc([C@H](c2nnnn2C[C@H]2CCCO2)N2CCN(Cc3ccccc3)CC2)c(OC)c1. The Kier molecular flexibility index (Phi) is 7.56. The van der Waals surface area contributed by atoms with E-state index in [2.05, 4.69) is 61.7 Å². The van der Waals surface area contributed by atoms with Gasteiger partial charge in [-0.3, -0.25) is 9.80 Å². The average Bonchev–Trinajstić information content (AvgIpc) is 3.59. The van der Waals surface area contributed by atoms with E-state index < -0.39 is 0 Å². The van der Waals surface area contributed by atoms with Crippen molar-refractivity contribution in [3.05, 3.63) is 65.5 Å². The molecule has 2 fully saturated rings. The maximum absolute atomic E-state index is 5.88. The summed E-state index contributed by atoms with van der Waals surface area (Å²) in [5, 5.41) is 12.9. The maximum atomic E-state index is 5.88. The van der Waals surface area contributed by atoms with Crippen LogP contribution in [0.15, 0.2) is 48.5 Å². The van der Waals surface area contributed by atoms with Gasteiger partial charge < -0.3 is 14.2 Å². The van der Waals surface area contributed by atoms with Crippen molar-refractivity contribution >= 4 is 0 Å². The van der Waals surface area contributed by atoms with Gasteiger partial charge in [0.25, 0.3) is 0 Å².